The summed E-state index contributed by atoms with van der Waals surface area (Å²) in [4.78, 5) is 0. The molecule has 1 atom stereocenters. The van der Waals surface area contributed by atoms with E-state index in [0.717, 1.165) is 11.3 Å². The summed E-state index contributed by atoms with van der Waals surface area (Å²) >= 11 is 11.8. The Morgan fingerprint density at radius 1 is 1.15 bits per heavy atom. The van der Waals surface area contributed by atoms with Crippen LogP contribution in [0.4, 0.5) is 10.1 Å². The zero-order valence-electron chi connectivity index (χ0n) is 10.8. The van der Waals surface area contributed by atoms with Gasteiger partial charge in [-0.15, -0.1) is 0 Å². The Hall–Kier alpha value is -1.29. The fraction of sp³-hybridized carbons (Fsp3) is 0.200. The van der Waals surface area contributed by atoms with Crippen molar-refractivity contribution in [3.05, 3.63) is 63.4 Å². The van der Waals surface area contributed by atoms with Gasteiger partial charge in [-0.3, -0.25) is 0 Å². The minimum Gasteiger partial charge on any atom is -0.392 e. The third-order valence-electron chi connectivity index (χ3n) is 3.03. The van der Waals surface area contributed by atoms with Gasteiger partial charge in [-0.2, -0.15) is 0 Å². The van der Waals surface area contributed by atoms with Crippen molar-refractivity contribution in [1.82, 2.24) is 0 Å². The Morgan fingerprint density at radius 3 is 2.40 bits per heavy atom. The maximum absolute atomic E-state index is 13.5. The first-order valence-electron chi connectivity index (χ1n) is 6.12. The van der Waals surface area contributed by atoms with Gasteiger partial charge >= 0.3 is 0 Å². The molecule has 0 aliphatic rings. The minimum atomic E-state index is -0.490. The van der Waals surface area contributed by atoms with E-state index in [4.69, 9.17) is 28.3 Å². The molecular formula is C15H14Cl2FNO. The molecule has 1 unspecified atom stereocenters. The van der Waals surface area contributed by atoms with Crippen molar-refractivity contribution in [3.63, 3.8) is 0 Å². The van der Waals surface area contributed by atoms with E-state index in [-0.39, 0.29) is 17.7 Å². The molecule has 2 nitrogen and oxygen atoms in total. The van der Waals surface area contributed by atoms with Crippen molar-refractivity contribution in [2.75, 3.05) is 5.32 Å². The molecule has 0 aliphatic carbocycles. The van der Waals surface area contributed by atoms with Crippen molar-refractivity contribution >= 4 is 28.9 Å². The van der Waals surface area contributed by atoms with Gasteiger partial charge in [0.2, 0.25) is 0 Å². The summed E-state index contributed by atoms with van der Waals surface area (Å²) in [6.07, 6.45) is 0. The third-order valence-corrected chi connectivity index (χ3v) is 3.64. The van der Waals surface area contributed by atoms with Crippen LogP contribution in [0.5, 0.6) is 0 Å². The molecule has 0 saturated carbocycles. The minimum absolute atomic E-state index is 0.00403. The van der Waals surface area contributed by atoms with E-state index in [9.17, 15) is 4.39 Å². The van der Waals surface area contributed by atoms with Crippen LogP contribution in [-0.2, 0) is 6.61 Å². The highest BCUT2D eigenvalue weighted by Crippen LogP contribution is 2.30. The third kappa shape index (κ3) is 3.42. The maximum atomic E-state index is 13.5. The highest BCUT2D eigenvalue weighted by molar-refractivity contribution is 6.35. The molecule has 0 heterocycles. The van der Waals surface area contributed by atoms with E-state index in [0.29, 0.717) is 10.6 Å². The van der Waals surface area contributed by atoms with Crippen LogP contribution in [0.3, 0.4) is 0 Å². The van der Waals surface area contributed by atoms with Crippen LogP contribution >= 0.6 is 23.2 Å². The van der Waals surface area contributed by atoms with E-state index in [1.807, 2.05) is 31.2 Å². The lowest BCUT2D eigenvalue weighted by atomic mass is 10.1. The van der Waals surface area contributed by atoms with E-state index in [1.54, 1.807) is 0 Å². The number of benzene rings is 2. The van der Waals surface area contributed by atoms with Crippen molar-refractivity contribution in [1.29, 1.82) is 0 Å². The molecule has 0 fully saturated rings. The number of nitrogens with one attached hydrogen (secondary N) is 1. The normalized spacial score (nSPS) is 12.2. The Bertz CT molecular complexity index is 602. The van der Waals surface area contributed by atoms with Gasteiger partial charge in [-0.05, 0) is 42.3 Å². The predicted molar refractivity (Wildman–Crippen MR) is 80.8 cm³/mol. The Labute approximate surface area is 127 Å². The molecule has 0 amide bonds. The van der Waals surface area contributed by atoms with E-state index < -0.39 is 5.82 Å². The predicted octanol–water partition coefficient (Wildman–Crippen LogP) is 4.80. The molecule has 2 aromatic carbocycles. The number of hydrogen-bond donors (Lipinski definition) is 2. The monoisotopic (exact) mass is 313 g/mol. The Morgan fingerprint density at radius 2 is 1.80 bits per heavy atom. The van der Waals surface area contributed by atoms with Crippen LogP contribution in [0.25, 0.3) is 0 Å². The van der Waals surface area contributed by atoms with E-state index in [2.05, 4.69) is 5.32 Å². The molecule has 0 bridgehead atoms. The summed E-state index contributed by atoms with van der Waals surface area (Å²) in [5, 5.41) is 12.6. The topological polar surface area (TPSA) is 32.3 Å². The molecule has 0 spiro atoms. The second-order valence-electron chi connectivity index (χ2n) is 4.51. The standard InChI is InChI=1S/C15H14Cl2FNO/c1-9(12-6-15(18)14(17)7-13(12)16)19-11-4-2-10(8-20)3-5-11/h2-7,9,19-20H,8H2,1H3. The lowest BCUT2D eigenvalue weighted by Gasteiger charge is -2.17. The molecule has 2 rings (SSSR count). The zero-order chi connectivity index (χ0) is 14.7. The average Bonchev–Trinajstić information content (AvgIpc) is 2.43. The number of anilines is 1. The van der Waals surface area contributed by atoms with Crippen molar-refractivity contribution in [3.8, 4) is 0 Å². The summed E-state index contributed by atoms with van der Waals surface area (Å²) in [7, 11) is 0. The summed E-state index contributed by atoms with van der Waals surface area (Å²) in [6.45, 7) is 1.89. The largest absolute Gasteiger partial charge is 0.392 e. The van der Waals surface area contributed by atoms with Gasteiger partial charge in [0, 0.05) is 10.7 Å². The number of aliphatic hydroxyl groups is 1. The number of aliphatic hydroxyl groups excluding tert-OH is 1. The molecule has 5 heteroatoms. The first-order chi connectivity index (χ1) is 9.51. The fourth-order valence-corrected chi connectivity index (χ4v) is 2.45. The lowest BCUT2D eigenvalue weighted by molar-refractivity contribution is 0.282. The quantitative estimate of drug-likeness (QED) is 0.795. The molecule has 0 aliphatic heterocycles. The van der Waals surface area contributed by atoms with Gasteiger partial charge in [-0.1, -0.05) is 35.3 Å². The molecule has 106 valence electrons. The highest BCUT2D eigenvalue weighted by Gasteiger charge is 2.13. The average molecular weight is 314 g/mol. The molecule has 0 saturated heterocycles. The van der Waals surface area contributed by atoms with E-state index >= 15 is 0 Å². The molecule has 0 radical (unpaired) electrons. The van der Waals surface area contributed by atoms with Crippen molar-refractivity contribution in [2.24, 2.45) is 0 Å². The summed E-state index contributed by atoms with van der Waals surface area (Å²) in [6, 6.07) is 9.91. The molecule has 2 aromatic rings. The number of halogens is 3. The lowest BCUT2D eigenvalue weighted by Crippen LogP contribution is -2.07. The van der Waals surface area contributed by atoms with Gasteiger partial charge in [0.15, 0.2) is 0 Å². The van der Waals surface area contributed by atoms with Gasteiger partial charge in [0.25, 0.3) is 0 Å². The van der Waals surface area contributed by atoms with Crippen LogP contribution in [0.2, 0.25) is 10.0 Å². The second kappa shape index (κ2) is 6.44. The first kappa shape index (κ1) is 15.1. The van der Waals surface area contributed by atoms with Crippen LogP contribution in [-0.4, -0.2) is 5.11 Å². The first-order valence-corrected chi connectivity index (χ1v) is 6.87. The number of hydrogen-bond acceptors (Lipinski definition) is 2. The fourth-order valence-electron chi connectivity index (χ4n) is 1.90. The summed E-state index contributed by atoms with van der Waals surface area (Å²) in [5.41, 5.74) is 2.33. The highest BCUT2D eigenvalue weighted by atomic mass is 35.5. The SMILES string of the molecule is CC(Nc1ccc(CO)cc1)c1cc(F)c(Cl)cc1Cl. The maximum Gasteiger partial charge on any atom is 0.142 e. The number of rotatable bonds is 4. The Kier molecular flexibility index (Phi) is 4.86. The van der Waals surface area contributed by atoms with Crippen LogP contribution < -0.4 is 5.32 Å². The molecule has 20 heavy (non-hydrogen) atoms. The van der Waals surface area contributed by atoms with Gasteiger partial charge in [-0.25, -0.2) is 4.39 Å². The second-order valence-corrected chi connectivity index (χ2v) is 5.32. The summed E-state index contributed by atoms with van der Waals surface area (Å²) < 4.78 is 13.5. The van der Waals surface area contributed by atoms with Crippen LogP contribution in [0.1, 0.15) is 24.1 Å². The molecule has 0 aromatic heterocycles. The van der Waals surface area contributed by atoms with Crippen molar-refractivity contribution < 1.29 is 9.50 Å². The van der Waals surface area contributed by atoms with Gasteiger partial charge < -0.3 is 10.4 Å². The van der Waals surface area contributed by atoms with E-state index in [1.165, 1.54) is 12.1 Å². The zero-order valence-corrected chi connectivity index (χ0v) is 12.3. The van der Waals surface area contributed by atoms with Gasteiger partial charge in [0.05, 0.1) is 17.7 Å². The smallest absolute Gasteiger partial charge is 0.142 e. The van der Waals surface area contributed by atoms with Crippen LogP contribution in [0, 0.1) is 5.82 Å². The van der Waals surface area contributed by atoms with Crippen molar-refractivity contribution in [2.45, 2.75) is 19.6 Å². The molecular weight excluding hydrogens is 300 g/mol. The van der Waals surface area contributed by atoms with Gasteiger partial charge in [0.1, 0.15) is 5.82 Å². The molecule has 2 N–H and O–H groups in total. The van der Waals surface area contributed by atoms with Crippen LogP contribution in [0.15, 0.2) is 36.4 Å². The summed E-state index contributed by atoms with van der Waals surface area (Å²) in [5.74, 6) is -0.490. The Balaban J connectivity index is 2.18.